The Morgan fingerprint density at radius 1 is 1.50 bits per heavy atom. The van der Waals surface area contributed by atoms with Gasteiger partial charge < -0.3 is 10.5 Å². The first-order valence-corrected chi connectivity index (χ1v) is 7.43. The minimum absolute atomic E-state index is 0.0126. The zero-order valence-corrected chi connectivity index (χ0v) is 10.8. The van der Waals surface area contributed by atoms with E-state index in [0.717, 1.165) is 25.9 Å². The molecule has 3 N–H and O–H groups in total. The highest BCUT2D eigenvalue weighted by Crippen LogP contribution is 2.14. The summed E-state index contributed by atoms with van der Waals surface area (Å²) in [6, 6.07) is 0. The smallest absolute Gasteiger partial charge is 0.218 e. The monoisotopic (exact) mass is 266 g/mol. The van der Waals surface area contributed by atoms with Gasteiger partial charge in [-0.3, -0.25) is 0 Å². The summed E-state index contributed by atoms with van der Waals surface area (Å²) in [7, 11) is -3.35. The predicted octanol–water partition coefficient (Wildman–Crippen LogP) is 0.151. The lowest BCUT2D eigenvalue weighted by molar-refractivity contribution is 0.0123. The Morgan fingerprint density at radius 3 is 2.81 bits per heavy atom. The van der Waals surface area contributed by atoms with Crippen LogP contribution in [0, 0.1) is 0 Å². The van der Waals surface area contributed by atoms with Crippen LogP contribution in [-0.4, -0.2) is 38.4 Å². The molecule has 0 aliphatic carbocycles. The van der Waals surface area contributed by atoms with Crippen LogP contribution in [-0.2, 0) is 14.8 Å². The minimum atomic E-state index is -3.35. The number of thiocarbonyl (C=S) groups is 1. The Bertz CT molecular complexity index is 324. The predicted molar refractivity (Wildman–Crippen MR) is 66.8 cm³/mol. The molecule has 0 aromatic heterocycles. The minimum Gasteiger partial charge on any atom is -0.392 e. The molecular formula is C9H18N2O3S2. The van der Waals surface area contributed by atoms with E-state index in [9.17, 15) is 8.42 Å². The molecule has 0 radical (unpaired) electrons. The van der Waals surface area contributed by atoms with Crippen molar-refractivity contribution in [3.8, 4) is 0 Å². The Balaban J connectivity index is 2.21. The van der Waals surface area contributed by atoms with Gasteiger partial charge in [-0.05, 0) is 25.7 Å². The quantitative estimate of drug-likeness (QED) is 0.669. The molecule has 0 spiro atoms. The summed E-state index contributed by atoms with van der Waals surface area (Å²) < 4.78 is 30.7. The topological polar surface area (TPSA) is 81.4 Å². The molecule has 1 heterocycles. The molecule has 0 saturated carbocycles. The second-order valence-electron chi connectivity index (χ2n) is 3.90. The highest BCUT2D eigenvalue weighted by atomic mass is 32.2. The van der Waals surface area contributed by atoms with Crippen molar-refractivity contribution in [1.29, 1.82) is 0 Å². The first-order chi connectivity index (χ1) is 7.49. The Labute approximate surface area is 102 Å². The van der Waals surface area contributed by atoms with Gasteiger partial charge in [0, 0.05) is 13.2 Å². The summed E-state index contributed by atoms with van der Waals surface area (Å²) in [4.78, 5) is -0.0126. The van der Waals surface area contributed by atoms with E-state index < -0.39 is 10.0 Å². The molecule has 1 fully saturated rings. The summed E-state index contributed by atoms with van der Waals surface area (Å²) >= 11 is 4.55. The Kier molecular flexibility index (Phi) is 5.60. The maximum Gasteiger partial charge on any atom is 0.218 e. The number of hydrogen-bond acceptors (Lipinski definition) is 4. The molecule has 1 rings (SSSR count). The summed E-state index contributed by atoms with van der Waals surface area (Å²) in [6.45, 7) is 1.17. The van der Waals surface area contributed by atoms with E-state index in [0.29, 0.717) is 13.0 Å². The van der Waals surface area contributed by atoms with Gasteiger partial charge in [0.15, 0.2) is 0 Å². The average Bonchev–Trinajstić information content (AvgIpc) is 2.16. The SMILES string of the molecule is NC(=S)CS(=O)(=O)NCCC1CCCCO1. The van der Waals surface area contributed by atoms with Gasteiger partial charge in [0.1, 0.15) is 5.75 Å². The van der Waals surface area contributed by atoms with Crippen molar-refractivity contribution in [2.24, 2.45) is 5.73 Å². The van der Waals surface area contributed by atoms with E-state index in [1.165, 1.54) is 0 Å². The summed E-state index contributed by atoms with van der Waals surface area (Å²) in [5.74, 6) is -0.284. The first kappa shape index (κ1) is 13.8. The molecular weight excluding hydrogens is 248 g/mol. The fraction of sp³-hybridized carbons (Fsp3) is 0.889. The number of sulfonamides is 1. The number of rotatable bonds is 6. The van der Waals surface area contributed by atoms with Crippen LogP contribution >= 0.6 is 12.2 Å². The molecule has 5 nitrogen and oxygen atoms in total. The highest BCUT2D eigenvalue weighted by molar-refractivity contribution is 7.92. The zero-order chi connectivity index (χ0) is 12.0. The summed E-state index contributed by atoms with van der Waals surface area (Å²) in [5, 5.41) is 0. The van der Waals surface area contributed by atoms with E-state index in [1.807, 2.05) is 0 Å². The molecule has 1 unspecified atom stereocenters. The van der Waals surface area contributed by atoms with Gasteiger partial charge in [-0.25, -0.2) is 13.1 Å². The van der Waals surface area contributed by atoms with E-state index in [2.05, 4.69) is 16.9 Å². The fourth-order valence-electron chi connectivity index (χ4n) is 1.65. The maximum atomic E-state index is 11.4. The molecule has 16 heavy (non-hydrogen) atoms. The largest absolute Gasteiger partial charge is 0.392 e. The average molecular weight is 266 g/mol. The Morgan fingerprint density at radius 2 is 2.25 bits per heavy atom. The molecule has 1 aliphatic heterocycles. The maximum absolute atomic E-state index is 11.4. The van der Waals surface area contributed by atoms with Gasteiger partial charge in [0.25, 0.3) is 0 Å². The third-order valence-corrected chi connectivity index (χ3v) is 4.06. The standard InChI is InChI=1S/C9H18N2O3S2/c10-9(15)7-16(12,13)11-5-4-8-3-1-2-6-14-8/h8,11H,1-7H2,(H2,10,15). The molecule has 0 aromatic carbocycles. The van der Waals surface area contributed by atoms with Crippen molar-refractivity contribution in [3.63, 3.8) is 0 Å². The summed E-state index contributed by atoms with van der Waals surface area (Å²) in [5.41, 5.74) is 5.18. The summed E-state index contributed by atoms with van der Waals surface area (Å²) in [6.07, 6.45) is 4.16. The van der Waals surface area contributed by atoms with E-state index in [1.54, 1.807) is 0 Å². The lowest BCUT2D eigenvalue weighted by atomic mass is 10.1. The lowest BCUT2D eigenvalue weighted by Gasteiger charge is -2.22. The van der Waals surface area contributed by atoms with Gasteiger partial charge in [-0.15, -0.1) is 0 Å². The van der Waals surface area contributed by atoms with Crippen LogP contribution in [0.4, 0.5) is 0 Å². The highest BCUT2D eigenvalue weighted by Gasteiger charge is 2.16. The van der Waals surface area contributed by atoms with Gasteiger partial charge >= 0.3 is 0 Å². The fourth-order valence-corrected chi connectivity index (χ4v) is 3.02. The van der Waals surface area contributed by atoms with Crippen LogP contribution < -0.4 is 10.5 Å². The van der Waals surface area contributed by atoms with Gasteiger partial charge in [-0.1, -0.05) is 12.2 Å². The second-order valence-corrected chi connectivity index (χ2v) is 6.23. The van der Waals surface area contributed by atoms with Crippen molar-refractivity contribution >= 4 is 27.2 Å². The van der Waals surface area contributed by atoms with Crippen molar-refractivity contribution in [3.05, 3.63) is 0 Å². The molecule has 7 heteroatoms. The third kappa shape index (κ3) is 5.74. The van der Waals surface area contributed by atoms with Crippen molar-refractivity contribution in [2.45, 2.75) is 31.8 Å². The van der Waals surface area contributed by atoms with Crippen LogP contribution in [0.25, 0.3) is 0 Å². The molecule has 0 aromatic rings. The molecule has 1 saturated heterocycles. The van der Waals surface area contributed by atoms with E-state index >= 15 is 0 Å². The van der Waals surface area contributed by atoms with Crippen LogP contribution in [0.2, 0.25) is 0 Å². The number of ether oxygens (including phenoxy) is 1. The molecule has 94 valence electrons. The van der Waals surface area contributed by atoms with Crippen molar-refractivity contribution < 1.29 is 13.2 Å². The Hall–Kier alpha value is -0.240. The number of hydrogen-bond donors (Lipinski definition) is 2. The molecule has 1 atom stereocenters. The van der Waals surface area contributed by atoms with Gasteiger partial charge in [0.05, 0.1) is 11.1 Å². The molecule has 0 bridgehead atoms. The van der Waals surface area contributed by atoms with Crippen LogP contribution in [0.15, 0.2) is 0 Å². The van der Waals surface area contributed by atoms with Gasteiger partial charge in [0.2, 0.25) is 10.0 Å². The molecule has 1 aliphatic rings. The van der Waals surface area contributed by atoms with E-state index in [-0.39, 0.29) is 16.8 Å². The van der Waals surface area contributed by atoms with Crippen molar-refractivity contribution in [2.75, 3.05) is 18.9 Å². The van der Waals surface area contributed by atoms with Crippen molar-refractivity contribution in [1.82, 2.24) is 4.72 Å². The van der Waals surface area contributed by atoms with Gasteiger partial charge in [-0.2, -0.15) is 0 Å². The molecule has 0 amide bonds. The normalized spacial score (nSPS) is 21.9. The van der Waals surface area contributed by atoms with Crippen LogP contribution in [0.3, 0.4) is 0 Å². The number of nitrogens with one attached hydrogen (secondary N) is 1. The van der Waals surface area contributed by atoms with E-state index in [4.69, 9.17) is 10.5 Å². The lowest BCUT2D eigenvalue weighted by Crippen LogP contribution is -2.34. The zero-order valence-electron chi connectivity index (χ0n) is 9.15. The number of nitrogens with two attached hydrogens (primary N) is 1. The first-order valence-electron chi connectivity index (χ1n) is 5.37. The third-order valence-electron chi connectivity index (χ3n) is 2.39. The second kappa shape index (κ2) is 6.48. The van der Waals surface area contributed by atoms with Crippen LogP contribution in [0.1, 0.15) is 25.7 Å². The van der Waals surface area contributed by atoms with Crippen LogP contribution in [0.5, 0.6) is 0 Å².